The number of rotatable bonds is 2. The highest BCUT2D eigenvalue weighted by atomic mass is 79.9. The maximum Gasteiger partial charge on any atom is 0.250 e. The summed E-state index contributed by atoms with van der Waals surface area (Å²) in [7, 11) is 0. The van der Waals surface area contributed by atoms with E-state index in [4.69, 9.17) is 0 Å². The summed E-state index contributed by atoms with van der Waals surface area (Å²) >= 11 is 5.03. The number of aromatic nitrogens is 1. The molecule has 0 atom stereocenters. The lowest BCUT2D eigenvalue weighted by molar-refractivity contribution is 0.770. The molecule has 0 aromatic carbocycles. The molecule has 4 heteroatoms. The monoisotopic (exact) mass is 269 g/mol. The quantitative estimate of drug-likeness (QED) is 0.822. The first-order chi connectivity index (χ1) is 6.75. The van der Waals surface area contributed by atoms with Crippen LogP contribution in [0.25, 0.3) is 0 Å². The van der Waals surface area contributed by atoms with E-state index in [0.29, 0.717) is 6.54 Å². The lowest BCUT2D eigenvalue weighted by Crippen LogP contribution is -2.17. The molecule has 0 aliphatic rings. The van der Waals surface area contributed by atoms with Gasteiger partial charge in [-0.3, -0.25) is 4.79 Å². The minimum atomic E-state index is 0.0389. The van der Waals surface area contributed by atoms with Crippen molar-refractivity contribution in [3.05, 3.63) is 55.5 Å². The SMILES string of the molecule is O=c1ccccn1Cc1cc(Br)cs1. The van der Waals surface area contributed by atoms with Crippen molar-refractivity contribution in [1.29, 1.82) is 0 Å². The van der Waals surface area contributed by atoms with E-state index in [-0.39, 0.29) is 5.56 Å². The number of nitrogens with zero attached hydrogens (tertiary/aromatic N) is 1. The van der Waals surface area contributed by atoms with E-state index in [1.54, 1.807) is 34.2 Å². The number of pyridine rings is 1. The van der Waals surface area contributed by atoms with Crippen LogP contribution in [-0.4, -0.2) is 4.57 Å². The molecule has 0 amide bonds. The maximum absolute atomic E-state index is 11.4. The molecule has 0 N–H and O–H groups in total. The molecule has 2 heterocycles. The second kappa shape index (κ2) is 4.11. The van der Waals surface area contributed by atoms with E-state index in [1.807, 2.05) is 17.5 Å². The average molecular weight is 270 g/mol. The van der Waals surface area contributed by atoms with Crippen molar-refractivity contribution >= 4 is 27.3 Å². The van der Waals surface area contributed by atoms with Crippen LogP contribution in [0, 0.1) is 0 Å². The summed E-state index contributed by atoms with van der Waals surface area (Å²) in [5, 5.41) is 2.02. The highest BCUT2D eigenvalue weighted by Gasteiger charge is 1.99. The molecular formula is C10H8BrNOS. The van der Waals surface area contributed by atoms with Gasteiger partial charge >= 0.3 is 0 Å². The summed E-state index contributed by atoms with van der Waals surface area (Å²) in [5.74, 6) is 0. The Balaban J connectivity index is 2.27. The summed E-state index contributed by atoms with van der Waals surface area (Å²) in [4.78, 5) is 12.6. The van der Waals surface area contributed by atoms with E-state index in [0.717, 1.165) is 4.47 Å². The number of hydrogen-bond donors (Lipinski definition) is 0. The number of halogens is 1. The van der Waals surface area contributed by atoms with Gasteiger partial charge in [0.25, 0.3) is 5.56 Å². The molecule has 0 aliphatic carbocycles. The average Bonchev–Trinajstić information content (AvgIpc) is 2.56. The molecule has 0 fully saturated rings. The fourth-order valence-electron chi connectivity index (χ4n) is 1.20. The lowest BCUT2D eigenvalue weighted by atomic mass is 10.4. The van der Waals surface area contributed by atoms with Crippen molar-refractivity contribution in [2.24, 2.45) is 0 Å². The van der Waals surface area contributed by atoms with Gasteiger partial charge in [0.2, 0.25) is 0 Å². The smallest absolute Gasteiger partial charge is 0.250 e. The second-order valence-corrected chi connectivity index (χ2v) is 4.81. The molecule has 0 bridgehead atoms. The summed E-state index contributed by atoms with van der Waals surface area (Å²) < 4.78 is 2.76. The molecule has 2 nitrogen and oxygen atoms in total. The highest BCUT2D eigenvalue weighted by molar-refractivity contribution is 9.10. The largest absolute Gasteiger partial charge is 0.310 e. The van der Waals surface area contributed by atoms with Gasteiger partial charge in [-0.05, 0) is 28.1 Å². The van der Waals surface area contributed by atoms with Crippen molar-refractivity contribution in [3.8, 4) is 0 Å². The molecule has 0 unspecified atom stereocenters. The molecule has 2 rings (SSSR count). The standard InChI is InChI=1S/C10H8BrNOS/c11-8-5-9(14-7-8)6-12-4-2-1-3-10(12)13/h1-5,7H,6H2. The van der Waals surface area contributed by atoms with Gasteiger partial charge in [0, 0.05) is 27.0 Å². The zero-order valence-electron chi connectivity index (χ0n) is 7.31. The maximum atomic E-state index is 11.4. The first kappa shape index (κ1) is 9.68. The topological polar surface area (TPSA) is 22.0 Å². The Morgan fingerprint density at radius 2 is 2.29 bits per heavy atom. The van der Waals surface area contributed by atoms with Crippen LogP contribution in [0.5, 0.6) is 0 Å². The predicted molar refractivity (Wildman–Crippen MR) is 61.8 cm³/mol. The third-order valence-corrected chi connectivity index (χ3v) is 3.53. The zero-order chi connectivity index (χ0) is 9.97. The van der Waals surface area contributed by atoms with Crippen molar-refractivity contribution in [1.82, 2.24) is 4.57 Å². The van der Waals surface area contributed by atoms with E-state index in [2.05, 4.69) is 15.9 Å². The van der Waals surface area contributed by atoms with Gasteiger partial charge in [-0.25, -0.2) is 0 Å². The van der Waals surface area contributed by atoms with Gasteiger partial charge < -0.3 is 4.57 Å². The summed E-state index contributed by atoms with van der Waals surface area (Å²) in [6.45, 7) is 0.649. The van der Waals surface area contributed by atoms with Crippen LogP contribution in [0.4, 0.5) is 0 Å². The Hall–Kier alpha value is -0.870. The summed E-state index contributed by atoms with van der Waals surface area (Å²) in [6, 6.07) is 7.22. The lowest BCUT2D eigenvalue weighted by Gasteiger charge is -2.01. The molecule has 0 aliphatic heterocycles. The molecule has 2 aromatic rings. The van der Waals surface area contributed by atoms with Gasteiger partial charge in [-0.1, -0.05) is 6.07 Å². The first-order valence-corrected chi connectivity index (χ1v) is 5.81. The Labute approximate surface area is 94.0 Å². The second-order valence-electron chi connectivity index (χ2n) is 2.90. The Morgan fingerprint density at radius 3 is 2.93 bits per heavy atom. The van der Waals surface area contributed by atoms with Gasteiger partial charge in [0.15, 0.2) is 0 Å². The Bertz CT molecular complexity index is 489. The summed E-state index contributed by atoms with van der Waals surface area (Å²) in [6.07, 6.45) is 1.80. The minimum Gasteiger partial charge on any atom is -0.310 e. The van der Waals surface area contributed by atoms with Crippen LogP contribution in [0.1, 0.15) is 4.88 Å². The fourth-order valence-corrected chi connectivity index (χ4v) is 2.64. The van der Waals surface area contributed by atoms with Crippen molar-refractivity contribution in [2.75, 3.05) is 0 Å². The normalized spacial score (nSPS) is 10.4. The highest BCUT2D eigenvalue weighted by Crippen LogP contribution is 2.19. The van der Waals surface area contributed by atoms with E-state index < -0.39 is 0 Å². The van der Waals surface area contributed by atoms with Crippen molar-refractivity contribution in [2.45, 2.75) is 6.54 Å². The molecule has 0 saturated carbocycles. The molecule has 0 saturated heterocycles. The van der Waals surface area contributed by atoms with Gasteiger partial charge in [0.1, 0.15) is 0 Å². The molecule has 14 heavy (non-hydrogen) atoms. The van der Waals surface area contributed by atoms with Crippen molar-refractivity contribution < 1.29 is 0 Å². The summed E-state index contributed by atoms with van der Waals surface area (Å²) in [5.41, 5.74) is 0.0389. The van der Waals surface area contributed by atoms with Gasteiger partial charge in [-0.2, -0.15) is 0 Å². The van der Waals surface area contributed by atoms with E-state index >= 15 is 0 Å². The molecular weight excluding hydrogens is 262 g/mol. The van der Waals surface area contributed by atoms with Gasteiger partial charge in [0.05, 0.1) is 6.54 Å². The van der Waals surface area contributed by atoms with E-state index in [9.17, 15) is 4.79 Å². The van der Waals surface area contributed by atoms with E-state index in [1.165, 1.54) is 4.88 Å². The number of thiophene rings is 1. The van der Waals surface area contributed by atoms with Crippen molar-refractivity contribution in [3.63, 3.8) is 0 Å². The first-order valence-electron chi connectivity index (χ1n) is 4.14. The molecule has 0 radical (unpaired) electrons. The number of hydrogen-bond acceptors (Lipinski definition) is 2. The third kappa shape index (κ3) is 2.13. The van der Waals surface area contributed by atoms with Crippen LogP contribution < -0.4 is 5.56 Å². The fraction of sp³-hybridized carbons (Fsp3) is 0.100. The zero-order valence-corrected chi connectivity index (χ0v) is 9.72. The van der Waals surface area contributed by atoms with Crippen LogP contribution in [0.3, 0.4) is 0 Å². The van der Waals surface area contributed by atoms with Gasteiger partial charge in [-0.15, -0.1) is 11.3 Å². The predicted octanol–water partition coefficient (Wildman–Crippen LogP) is 2.72. The van der Waals surface area contributed by atoms with Crippen LogP contribution in [-0.2, 0) is 6.54 Å². The minimum absolute atomic E-state index is 0.0389. The Morgan fingerprint density at radius 1 is 1.43 bits per heavy atom. The third-order valence-electron chi connectivity index (χ3n) is 1.85. The Kier molecular flexibility index (Phi) is 2.84. The van der Waals surface area contributed by atoms with Crippen LogP contribution in [0.15, 0.2) is 45.1 Å². The van der Waals surface area contributed by atoms with Crippen LogP contribution in [0.2, 0.25) is 0 Å². The molecule has 2 aromatic heterocycles. The van der Waals surface area contributed by atoms with Crippen LogP contribution >= 0.6 is 27.3 Å². The molecule has 0 spiro atoms. The molecule has 72 valence electrons.